The number of piperazine rings is 1. The van der Waals surface area contributed by atoms with E-state index in [2.05, 4.69) is 34.3 Å². The zero-order chi connectivity index (χ0) is 11.2. The standard InChI is InChI=1S/C13H21N3.2ClH/c1-2-3-13(12-4-6-14-7-5-12)16-10-8-15-9-11-16;;/h4-7,13,15H,2-3,8-11H2,1H3;2*1H/t13-;;/m0../s1. The molecule has 1 fully saturated rings. The van der Waals surface area contributed by atoms with Crippen LogP contribution in [0.15, 0.2) is 24.5 Å². The fraction of sp³-hybridized carbons (Fsp3) is 0.615. The van der Waals surface area contributed by atoms with Crippen LogP contribution in [0.25, 0.3) is 0 Å². The Kier molecular flexibility index (Phi) is 9.38. The van der Waals surface area contributed by atoms with E-state index in [-0.39, 0.29) is 24.8 Å². The van der Waals surface area contributed by atoms with Crippen LogP contribution in [0.2, 0.25) is 0 Å². The van der Waals surface area contributed by atoms with E-state index in [0.717, 1.165) is 26.2 Å². The van der Waals surface area contributed by atoms with Gasteiger partial charge in [0.15, 0.2) is 0 Å². The first-order chi connectivity index (χ1) is 7.92. The van der Waals surface area contributed by atoms with Crippen molar-refractivity contribution >= 4 is 24.8 Å². The molecule has 18 heavy (non-hydrogen) atoms. The molecule has 2 heterocycles. The van der Waals surface area contributed by atoms with Crippen LogP contribution < -0.4 is 5.32 Å². The van der Waals surface area contributed by atoms with E-state index in [1.807, 2.05) is 12.4 Å². The lowest BCUT2D eigenvalue weighted by Crippen LogP contribution is -2.45. The van der Waals surface area contributed by atoms with Crippen LogP contribution in [0.5, 0.6) is 0 Å². The number of nitrogens with zero attached hydrogens (tertiary/aromatic N) is 2. The van der Waals surface area contributed by atoms with Gasteiger partial charge in [-0.2, -0.15) is 0 Å². The molecule has 1 N–H and O–H groups in total. The lowest BCUT2D eigenvalue weighted by atomic mass is 10.0. The number of nitrogens with one attached hydrogen (secondary N) is 1. The zero-order valence-corrected chi connectivity index (χ0v) is 12.5. The van der Waals surface area contributed by atoms with Crippen molar-refractivity contribution in [3.8, 4) is 0 Å². The molecule has 0 unspecified atom stereocenters. The van der Waals surface area contributed by atoms with E-state index in [1.165, 1.54) is 18.4 Å². The number of hydrogen-bond donors (Lipinski definition) is 1. The maximum absolute atomic E-state index is 4.10. The molecule has 0 aromatic carbocycles. The molecule has 5 heteroatoms. The van der Waals surface area contributed by atoms with Crippen molar-refractivity contribution in [1.82, 2.24) is 15.2 Å². The summed E-state index contributed by atoms with van der Waals surface area (Å²) in [7, 11) is 0. The van der Waals surface area contributed by atoms with Gasteiger partial charge in [-0.25, -0.2) is 0 Å². The molecule has 0 saturated carbocycles. The predicted octanol–water partition coefficient (Wildman–Crippen LogP) is 2.67. The molecule has 1 aromatic rings. The van der Waals surface area contributed by atoms with Gasteiger partial charge in [0, 0.05) is 44.6 Å². The van der Waals surface area contributed by atoms with Gasteiger partial charge in [-0.05, 0) is 24.1 Å². The Morgan fingerprint density at radius 3 is 2.39 bits per heavy atom. The van der Waals surface area contributed by atoms with Crippen LogP contribution in [0.3, 0.4) is 0 Å². The Labute approximate surface area is 122 Å². The molecular weight excluding hydrogens is 269 g/mol. The summed E-state index contributed by atoms with van der Waals surface area (Å²) >= 11 is 0. The number of pyridine rings is 1. The summed E-state index contributed by atoms with van der Waals surface area (Å²) in [5, 5.41) is 3.41. The second-order valence-corrected chi connectivity index (χ2v) is 4.37. The second-order valence-electron chi connectivity index (χ2n) is 4.37. The first-order valence-electron chi connectivity index (χ1n) is 6.26. The highest BCUT2D eigenvalue weighted by Crippen LogP contribution is 2.25. The summed E-state index contributed by atoms with van der Waals surface area (Å²) in [6.45, 7) is 6.81. The molecule has 0 aliphatic carbocycles. The SMILES string of the molecule is CCC[C@@H](c1ccncc1)N1CCNCC1.Cl.Cl. The molecule has 1 atom stereocenters. The first-order valence-corrected chi connectivity index (χ1v) is 6.26. The van der Waals surface area contributed by atoms with Gasteiger partial charge in [-0.15, -0.1) is 24.8 Å². The van der Waals surface area contributed by atoms with Gasteiger partial charge in [0.05, 0.1) is 0 Å². The van der Waals surface area contributed by atoms with Crippen LogP contribution in [-0.4, -0.2) is 36.1 Å². The lowest BCUT2D eigenvalue weighted by Gasteiger charge is -2.35. The first kappa shape index (κ1) is 17.6. The third-order valence-electron chi connectivity index (χ3n) is 3.25. The van der Waals surface area contributed by atoms with Gasteiger partial charge < -0.3 is 5.32 Å². The topological polar surface area (TPSA) is 28.2 Å². The number of halogens is 2. The maximum atomic E-state index is 4.10. The van der Waals surface area contributed by atoms with Gasteiger partial charge in [-0.1, -0.05) is 13.3 Å². The molecule has 1 saturated heterocycles. The van der Waals surface area contributed by atoms with E-state index < -0.39 is 0 Å². The average molecular weight is 292 g/mol. The summed E-state index contributed by atoms with van der Waals surface area (Å²) in [6, 6.07) is 4.89. The van der Waals surface area contributed by atoms with Crippen molar-refractivity contribution in [3.63, 3.8) is 0 Å². The van der Waals surface area contributed by atoms with Crippen molar-refractivity contribution < 1.29 is 0 Å². The van der Waals surface area contributed by atoms with Gasteiger partial charge >= 0.3 is 0 Å². The molecule has 0 bridgehead atoms. The van der Waals surface area contributed by atoms with E-state index >= 15 is 0 Å². The monoisotopic (exact) mass is 291 g/mol. The van der Waals surface area contributed by atoms with Crippen LogP contribution in [-0.2, 0) is 0 Å². The smallest absolute Gasteiger partial charge is 0.0350 e. The minimum absolute atomic E-state index is 0. The highest BCUT2D eigenvalue weighted by Gasteiger charge is 2.20. The highest BCUT2D eigenvalue weighted by atomic mass is 35.5. The third kappa shape index (κ3) is 4.73. The highest BCUT2D eigenvalue weighted by molar-refractivity contribution is 5.85. The molecule has 1 aromatic heterocycles. The minimum Gasteiger partial charge on any atom is -0.314 e. The van der Waals surface area contributed by atoms with Crippen molar-refractivity contribution in [1.29, 1.82) is 0 Å². The zero-order valence-electron chi connectivity index (χ0n) is 10.8. The quantitative estimate of drug-likeness (QED) is 0.925. The summed E-state index contributed by atoms with van der Waals surface area (Å²) in [5.41, 5.74) is 1.42. The molecular formula is C13H23Cl2N3. The second kappa shape index (κ2) is 9.56. The molecule has 0 spiro atoms. The third-order valence-corrected chi connectivity index (χ3v) is 3.25. The molecule has 1 aliphatic heterocycles. The molecule has 104 valence electrons. The Hall–Kier alpha value is -0.350. The van der Waals surface area contributed by atoms with Crippen molar-refractivity contribution in [3.05, 3.63) is 30.1 Å². The van der Waals surface area contributed by atoms with Crippen LogP contribution in [0.4, 0.5) is 0 Å². The summed E-state index contributed by atoms with van der Waals surface area (Å²) in [5.74, 6) is 0. The van der Waals surface area contributed by atoms with Crippen LogP contribution in [0.1, 0.15) is 31.4 Å². The van der Waals surface area contributed by atoms with Crippen molar-refractivity contribution in [2.75, 3.05) is 26.2 Å². The Morgan fingerprint density at radius 2 is 1.83 bits per heavy atom. The number of rotatable bonds is 4. The molecule has 3 nitrogen and oxygen atoms in total. The van der Waals surface area contributed by atoms with E-state index in [1.54, 1.807) is 0 Å². The summed E-state index contributed by atoms with van der Waals surface area (Å²) in [4.78, 5) is 6.69. The summed E-state index contributed by atoms with van der Waals surface area (Å²) < 4.78 is 0. The van der Waals surface area contributed by atoms with Gasteiger partial charge in [0.1, 0.15) is 0 Å². The number of aromatic nitrogens is 1. The Morgan fingerprint density at radius 1 is 1.22 bits per heavy atom. The average Bonchev–Trinajstić information content (AvgIpc) is 2.38. The predicted molar refractivity (Wildman–Crippen MR) is 80.8 cm³/mol. The van der Waals surface area contributed by atoms with E-state index in [0.29, 0.717) is 6.04 Å². The van der Waals surface area contributed by atoms with Crippen molar-refractivity contribution in [2.24, 2.45) is 0 Å². The van der Waals surface area contributed by atoms with E-state index in [4.69, 9.17) is 0 Å². The van der Waals surface area contributed by atoms with Gasteiger partial charge in [0.25, 0.3) is 0 Å². The van der Waals surface area contributed by atoms with Crippen LogP contribution in [0, 0.1) is 0 Å². The molecule has 0 amide bonds. The normalized spacial score (nSPS) is 17.4. The lowest BCUT2D eigenvalue weighted by molar-refractivity contribution is 0.164. The molecule has 0 radical (unpaired) electrons. The largest absolute Gasteiger partial charge is 0.314 e. The van der Waals surface area contributed by atoms with Gasteiger partial charge in [0.2, 0.25) is 0 Å². The maximum Gasteiger partial charge on any atom is 0.0350 e. The van der Waals surface area contributed by atoms with Gasteiger partial charge in [-0.3, -0.25) is 9.88 Å². The number of hydrogen-bond acceptors (Lipinski definition) is 3. The summed E-state index contributed by atoms with van der Waals surface area (Å²) in [6.07, 6.45) is 6.28. The fourth-order valence-corrected chi connectivity index (χ4v) is 2.41. The minimum atomic E-state index is 0. The van der Waals surface area contributed by atoms with Crippen molar-refractivity contribution in [2.45, 2.75) is 25.8 Å². The van der Waals surface area contributed by atoms with Crippen LogP contribution >= 0.6 is 24.8 Å². The molecule has 2 rings (SSSR count). The fourth-order valence-electron chi connectivity index (χ4n) is 2.41. The molecule has 1 aliphatic rings. The Balaban J connectivity index is 0.00000144. The Bertz CT molecular complexity index is 302. The van der Waals surface area contributed by atoms with E-state index in [9.17, 15) is 0 Å².